The summed E-state index contributed by atoms with van der Waals surface area (Å²) in [6.45, 7) is 0. The van der Waals surface area contributed by atoms with E-state index in [1.807, 2.05) is 0 Å². The Morgan fingerprint density at radius 1 is 0.210 bits per heavy atom. The van der Waals surface area contributed by atoms with Crippen molar-refractivity contribution in [2.45, 2.75) is 0 Å². The first-order valence-corrected chi connectivity index (χ1v) is 21.3. The number of fused-ring (bicyclic) bond motifs is 6. The molecule has 0 bridgehead atoms. The molecule has 2 heterocycles. The van der Waals surface area contributed by atoms with Gasteiger partial charge in [0.15, 0.2) is 0 Å². The molecule has 0 radical (unpaired) electrons. The van der Waals surface area contributed by atoms with Gasteiger partial charge >= 0.3 is 0 Å². The molecule has 0 aliphatic rings. The van der Waals surface area contributed by atoms with Crippen molar-refractivity contribution >= 4 is 43.6 Å². The van der Waals surface area contributed by atoms with E-state index < -0.39 is 0 Å². The maximum absolute atomic E-state index is 2.44. The molecule has 0 aliphatic heterocycles. The molecule has 0 saturated heterocycles. The maximum atomic E-state index is 2.44. The summed E-state index contributed by atoms with van der Waals surface area (Å²) >= 11 is 0. The van der Waals surface area contributed by atoms with Gasteiger partial charge in [-0.2, -0.15) is 0 Å². The molecule has 12 rings (SSSR count). The number of nitrogens with zero attached hydrogens (tertiary/aromatic N) is 2. The third kappa shape index (κ3) is 6.04. The second kappa shape index (κ2) is 14.8. The summed E-state index contributed by atoms with van der Waals surface area (Å²) in [6.07, 6.45) is 0. The van der Waals surface area contributed by atoms with Gasteiger partial charge in [-0.25, -0.2) is 0 Å². The topological polar surface area (TPSA) is 9.86 Å². The van der Waals surface area contributed by atoms with Crippen molar-refractivity contribution in [2.75, 3.05) is 0 Å². The lowest BCUT2D eigenvalue weighted by molar-refractivity contribution is 1.18. The zero-order chi connectivity index (χ0) is 41.0. The summed E-state index contributed by atoms with van der Waals surface area (Å²) < 4.78 is 4.84. The third-order valence-corrected chi connectivity index (χ3v) is 12.5. The lowest BCUT2D eigenvalue weighted by Crippen LogP contribution is -1.94. The summed E-state index contributed by atoms with van der Waals surface area (Å²) in [5.74, 6) is 0. The van der Waals surface area contributed by atoms with E-state index >= 15 is 0 Å². The van der Waals surface area contributed by atoms with E-state index in [0.717, 1.165) is 11.4 Å². The largest absolute Gasteiger partial charge is 0.309 e. The van der Waals surface area contributed by atoms with Gasteiger partial charge in [-0.15, -0.1) is 0 Å². The van der Waals surface area contributed by atoms with Gasteiger partial charge in [-0.3, -0.25) is 0 Å². The van der Waals surface area contributed by atoms with Crippen molar-refractivity contribution in [1.29, 1.82) is 0 Å². The summed E-state index contributed by atoms with van der Waals surface area (Å²) in [5, 5.41) is 4.96. The molecule has 0 spiro atoms. The van der Waals surface area contributed by atoms with Crippen LogP contribution in [0.2, 0.25) is 0 Å². The molecular weight excluding hydrogens is 749 g/mol. The predicted octanol–water partition coefficient (Wildman–Crippen LogP) is 16.2. The van der Waals surface area contributed by atoms with Gasteiger partial charge in [-0.1, -0.05) is 176 Å². The Hall–Kier alpha value is -8.20. The monoisotopic (exact) mass is 788 g/mol. The van der Waals surface area contributed by atoms with Crippen molar-refractivity contribution in [3.05, 3.63) is 243 Å². The second-order valence-electron chi connectivity index (χ2n) is 16.1. The van der Waals surface area contributed by atoms with Crippen LogP contribution in [-0.2, 0) is 0 Å². The molecule has 0 unspecified atom stereocenters. The lowest BCUT2D eigenvalue weighted by atomic mass is 9.95. The van der Waals surface area contributed by atoms with Crippen LogP contribution in [0.1, 0.15) is 0 Å². The molecule has 2 heteroatoms. The molecule has 0 fully saturated rings. The van der Waals surface area contributed by atoms with Crippen molar-refractivity contribution in [1.82, 2.24) is 9.13 Å². The van der Waals surface area contributed by atoms with Gasteiger partial charge in [0, 0.05) is 32.9 Å². The third-order valence-electron chi connectivity index (χ3n) is 12.5. The van der Waals surface area contributed by atoms with Gasteiger partial charge in [0.1, 0.15) is 0 Å². The van der Waals surface area contributed by atoms with Gasteiger partial charge in [-0.05, 0) is 122 Å². The van der Waals surface area contributed by atoms with E-state index in [-0.39, 0.29) is 0 Å². The number of aromatic nitrogens is 2. The normalized spacial score (nSPS) is 11.5. The van der Waals surface area contributed by atoms with Crippen molar-refractivity contribution in [3.63, 3.8) is 0 Å². The Kier molecular flexibility index (Phi) is 8.53. The van der Waals surface area contributed by atoms with Crippen LogP contribution in [0.3, 0.4) is 0 Å². The number of rotatable bonds is 7. The van der Waals surface area contributed by atoms with Crippen molar-refractivity contribution in [3.8, 4) is 67.0 Å². The Morgan fingerprint density at radius 2 is 0.597 bits per heavy atom. The molecule has 0 atom stereocenters. The van der Waals surface area contributed by atoms with E-state index in [9.17, 15) is 0 Å². The fourth-order valence-electron chi connectivity index (χ4n) is 9.56. The van der Waals surface area contributed by atoms with Gasteiger partial charge in [0.05, 0.1) is 22.1 Å². The van der Waals surface area contributed by atoms with E-state index in [4.69, 9.17) is 0 Å². The van der Waals surface area contributed by atoms with Gasteiger partial charge in [0.25, 0.3) is 0 Å². The van der Waals surface area contributed by atoms with Crippen LogP contribution in [0, 0.1) is 0 Å². The molecule has 0 amide bonds. The summed E-state index contributed by atoms with van der Waals surface area (Å²) in [7, 11) is 0. The van der Waals surface area contributed by atoms with E-state index in [1.54, 1.807) is 0 Å². The summed E-state index contributed by atoms with van der Waals surface area (Å²) in [4.78, 5) is 0. The fourth-order valence-corrected chi connectivity index (χ4v) is 9.56. The van der Waals surface area contributed by atoms with Crippen LogP contribution >= 0.6 is 0 Å². The first-order valence-electron chi connectivity index (χ1n) is 21.3. The predicted molar refractivity (Wildman–Crippen MR) is 262 cm³/mol. The molecule has 0 N–H and O–H groups in total. The highest BCUT2D eigenvalue weighted by Gasteiger charge is 2.19. The molecule has 2 nitrogen and oxygen atoms in total. The first kappa shape index (κ1) is 35.7. The molecule has 62 heavy (non-hydrogen) atoms. The van der Waals surface area contributed by atoms with Gasteiger partial charge in [0.2, 0.25) is 0 Å². The Balaban J connectivity index is 1.03. The number of hydrogen-bond donors (Lipinski definition) is 0. The Bertz CT molecular complexity index is 3580. The summed E-state index contributed by atoms with van der Waals surface area (Å²) in [5.41, 5.74) is 19.1. The van der Waals surface area contributed by atoms with Gasteiger partial charge < -0.3 is 9.13 Å². The first-order chi connectivity index (χ1) is 30.7. The molecule has 0 saturated carbocycles. The highest BCUT2D eigenvalue weighted by Crippen LogP contribution is 2.42. The minimum atomic E-state index is 1.14. The van der Waals surface area contributed by atoms with Crippen LogP contribution in [0.5, 0.6) is 0 Å². The fraction of sp³-hybridized carbons (Fsp3) is 0. The quantitative estimate of drug-likeness (QED) is 0.152. The van der Waals surface area contributed by atoms with Crippen LogP contribution in [0.25, 0.3) is 111 Å². The Morgan fingerprint density at radius 3 is 1.21 bits per heavy atom. The second-order valence-corrected chi connectivity index (χ2v) is 16.1. The minimum absolute atomic E-state index is 1.14. The smallest absolute Gasteiger partial charge is 0.0547 e. The Labute approximate surface area is 360 Å². The van der Waals surface area contributed by atoms with Crippen LogP contribution in [-0.4, -0.2) is 9.13 Å². The number of para-hydroxylation sites is 1. The van der Waals surface area contributed by atoms with E-state index in [0.29, 0.717) is 0 Å². The molecule has 2 aromatic heterocycles. The SMILES string of the molecule is c1ccc(-c2ccc(-n3c4ccccc4c4cc(-c5ccc6c(c5)c5c(-c7cccc(-c8ccccc8)c7)cccc5n6-c5ccc(-c6ccccc6)cc5)ccc43)cc2)cc1. The minimum Gasteiger partial charge on any atom is -0.309 e. The van der Waals surface area contributed by atoms with Crippen LogP contribution < -0.4 is 0 Å². The van der Waals surface area contributed by atoms with Crippen LogP contribution in [0.15, 0.2) is 243 Å². The van der Waals surface area contributed by atoms with Crippen molar-refractivity contribution in [2.24, 2.45) is 0 Å². The van der Waals surface area contributed by atoms with E-state index in [1.165, 1.54) is 99.2 Å². The lowest BCUT2D eigenvalue weighted by Gasteiger charge is -2.11. The molecule has 290 valence electrons. The highest BCUT2D eigenvalue weighted by atomic mass is 15.0. The molecular formula is C60H40N2. The zero-order valence-electron chi connectivity index (χ0n) is 34.0. The standard InChI is InChI=1S/C60H40N2/c1-4-14-41(15-5-1)44-26-32-50(33-27-44)61-56-24-11-10-22-53(56)54-39-47(30-36-57(54)61)48-31-37-58-55(40-48)60-52(49-21-12-20-46(38-49)43-18-8-3-9-19-43)23-13-25-59(60)62(58)51-34-28-45(29-35-51)42-16-6-2-7-17-42/h1-40H. The maximum Gasteiger partial charge on any atom is 0.0547 e. The van der Waals surface area contributed by atoms with Crippen molar-refractivity contribution < 1.29 is 0 Å². The average molecular weight is 789 g/mol. The summed E-state index contributed by atoms with van der Waals surface area (Å²) in [6, 6.07) is 88.4. The highest BCUT2D eigenvalue weighted by molar-refractivity contribution is 6.17. The molecule has 12 aromatic rings. The van der Waals surface area contributed by atoms with Crippen LogP contribution in [0.4, 0.5) is 0 Å². The number of benzene rings is 10. The van der Waals surface area contributed by atoms with E-state index in [2.05, 4.69) is 252 Å². The average Bonchev–Trinajstić information content (AvgIpc) is 3.87. The molecule has 10 aromatic carbocycles. The molecule has 0 aliphatic carbocycles. The zero-order valence-corrected chi connectivity index (χ0v) is 34.0. The number of hydrogen-bond acceptors (Lipinski definition) is 0.